The fourth-order valence-electron chi connectivity index (χ4n) is 3.73. The van der Waals surface area contributed by atoms with Crippen molar-refractivity contribution in [2.45, 2.75) is 32.0 Å². The number of aromatic hydroxyl groups is 1. The number of fused-ring (bicyclic) bond motifs is 1. The van der Waals surface area contributed by atoms with Crippen molar-refractivity contribution >= 4 is 17.2 Å². The molecule has 3 aromatic rings. The summed E-state index contributed by atoms with van der Waals surface area (Å²) in [5.41, 5.74) is 0.804. The second-order valence-corrected chi connectivity index (χ2v) is 7.27. The van der Waals surface area contributed by atoms with E-state index in [0.29, 0.717) is 35.0 Å². The highest BCUT2D eigenvalue weighted by Gasteiger charge is 2.32. The molecule has 2 aromatic heterocycles. The molecule has 29 heavy (non-hydrogen) atoms. The average Bonchev–Trinajstić information content (AvgIpc) is 3.10. The SMILES string of the molecule is CNC1CCCN(c2nc3nc(-c4c(C)cc(C(F)(F)F)cc4O)ccc3o2)C1. The summed E-state index contributed by atoms with van der Waals surface area (Å²) in [6.45, 7) is 3.11. The number of piperidine rings is 1. The minimum absolute atomic E-state index is 0.248. The van der Waals surface area contributed by atoms with Crippen molar-refractivity contribution in [3.8, 4) is 17.0 Å². The molecule has 0 aliphatic carbocycles. The Labute approximate surface area is 165 Å². The molecule has 0 radical (unpaired) electrons. The molecule has 0 saturated carbocycles. The van der Waals surface area contributed by atoms with E-state index in [9.17, 15) is 18.3 Å². The minimum atomic E-state index is -4.53. The number of oxazole rings is 1. The van der Waals surface area contributed by atoms with Gasteiger partial charge in [0.05, 0.1) is 11.3 Å². The van der Waals surface area contributed by atoms with E-state index in [1.54, 1.807) is 12.1 Å². The van der Waals surface area contributed by atoms with E-state index in [4.69, 9.17) is 4.42 Å². The second kappa shape index (κ2) is 7.22. The molecule has 6 nitrogen and oxygen atoms in total. The van der Waals surface area contributed by atoms with Crippen LogP contribution in [0.4, 0.5) is 19.2 Å². The number of hydrogen-bond donors (Lipinski definition) is 2. The standard InChI is InChI=1S/C20H21F3N4O2/c1-11-8-12(20(21,22)23)9-15(28)17(11)14-5-6-16-18(25-14)26-19(29-16)27-7-3-4-13(10-27)24-2/h5-6,8-9,13,24,28H,3-4,7,10H2,1-2H3. The molecule has 1 aromatic carbocycles. The summed E-state index contributed by atoms with van der Waals surface area (Å²) in [7, 11) is 1.92. The van der Waals surface area contributed by atoms with Gasteiger partial charge in [0, 0.05) is 24.7 Å². The number of rotatable bonds is 3. The largest absolute Gasteiger partial charge is 0.507 e. The van der Waals surface area contributed by atoms with Crippen LogP contribution in [0.1, 0.15) is 24.0 Å². The van der Waals surface area contributed by atoms with Crippen molar-refractivity contribution < 1.29 is 22.7 Å². The predicted molar refractivity (Wildman–Crippen MR) is 103 cm³/mol. The molecule has 0 bridgehead atoms. The molecule has 0 spiro atoms. The molecule has 1 saturated heterocycles. The number of alkyl halides is 3. The zero-order valence-electron chi connectivity index (χ0n) is 16.0. The van der Waals surface area contributed by atoms with Crippen molar-refractivity contribution in [3.63, 3.8) is 0 Å². The van der Waals surface area contributed by atoms with E-state index in [1.807, 2.05) is 11.9 Å². The highest BCUT2D eigenvalue weighted by atomic mass is 19.4. The number of nitrogens with zero attached hydrogens (tertiary/aromatic N) is 3. The first kappa shape index (κ1) is 19.5. The summed E-state index contributed by atoms with van der Waals surface area (Å²) in [5.74, 6) is -0.471. The van der Waals surface area contributed by atoms with Crippen LogP contribution in [0.2, 0.25) is 0 Å². The van der Waals surface area contributed by atoms with Crippen LogP contribution >= 0.6 is 0 Å². The Hall–Kier alpha value is -2.81. The minimum Gasteiger partial charge on any atom is -0.507 e. The van der Waals surface area contributed by atoms with E-state index in [2.05, 4.69) is 15.3 Å². The second-order valence-electron chi connectivity index (χ2n) is 7.27. The monoisotopic (exact) mass is 406 g/mol. The molecular weight excluding hydrogens is 385 g/mol. The Bertz CT molecular complexity index is 1020. The third-order valence-corrected chi connectivity index (χ3v) is 5.24. The molecule has 0 amide bonds. The van der Waals surface area contributed by atoms with Crippen LogP contribution in [0.3, 0.4) is 0 Å². The van der Waals surface area contributed by atoms with Gasteiger partial charge in [0.2, 0.25) is 5.65 Å². The quantitative estimate of drug-likeness (QED) is 0.682. The van der Waals surface area contributed by atoms with Crippen LogP contribution in [0, 0.1) is 6.92 Å². The molecule has 9 heteroatoms. The fourth-order valence-corrected chi connectivity index (χ4v) is 3.73. The summed E-state index contributed by atoms with van der Waals surface area (Å²) in [4.78, 5) is 10.9. The van der Waals surface area contributed by atoms with Gasteiger partial charge in [-0.2, -0.15) is 18.2 Å². The number of likely N-dealkylation sites (N-methyl/N-ethyl adjacent to an activating group) is 1. The molecule has 4 rings (SSSR count). The summed E-state index contributed by atoms with van der Waals surface area (Å²) in [6, 6.07) is 5.82. The Morgan fingerprint density at radius 3 is 2.72 bits per heavy atom. The number of pyridine rings is 1. The summed E-state index contributed by atoms with van der Waals surface area (Å²) in [6.07, 6.45) is -2.43. The number of aromatic nitrogens is 2. The highest BCUT2D eigenvalue weighted by Crippen LogP contribution is 2.39. The van der Waals surface area contributed by atoms with Crippen LogP contribution in [0.15, 0.2) is 28.7 Å². The van der Waals surface area contributed by atoms with Gasteiger partial charge in [0.1, 0.15) is 5.75 Å². The van der Waals surface area contributed by atoms with E-state index in [1.165, 1.54) is 6.92 Å². The lowest BCUT2D eigenvalue weighted by Crippen LogP contribution is -2.44. The first-order valence-corrected chi connectivity index (χ1v) is 9.37. The van der Waals surface area contributed by atoms with Gasteiger partial charge in [-0.3, -0.25) is 0 Å². The van der Waals surface area contributed by atoms with E-state index in [0.717, 1.165) is 32.0 Å². The van der Waals surface area contributed by atoms with Gasteiger partial charge < -0.3 is 19.7 Å². The van der Waals surface area contributed by atoms with E-state index < -0.39 is 17.5 Å². The first-order valence-electron chi connectivity index (χ1n) is 9.37. The van der Waals surface area contributed by atoms with Crippen molar-refractivity contribution in [1.82, 2.24) is 15.3 Å². The third kappa shape index (κ3) is 3.74. The Morgan fingerprint density at radius 1 is 1.24 bits per heavy atom. The zero-order valence-corrected chi connectivity index (χ0v) is 16.0. The first-order chi connectivity index (χ1) is 13.8. The molecule has 2 N–H and O–H groups in total. The number of anilines is 1. The van der Waals surface area contributed by atoms with Gasteiger partial charge in [0.25, 0.3) is 6.01 Å². The van der Waals surface area contributed by atoms with Gasteiger partial charge in [0.15, 0.2) is 5.58 Å². The maximum atomic E-state index is 13.0. The highest BCUT2D eigenvalue weighted by molar-refractivity contribution is 5.78. The van der Waals surface area contributed by atoms with Crippen molar-refractivity contribution in [3.05, 3.63) is 35.4 Å². The maximum absolute atomic E-state index is 13.0. The normalized spacial score (nSPS) is 17.8. The summed E-state index contributed by atoms with van der Waals surface area (Å²) < 4.78 is 44.7. The molecule has 1 atom stereocenters. The Kier molecular flexibility index (Phi) is 4.85. The summed E-state index contributed by atoms with van der Waals surface area (Å²) in [5, 5.41) is 13.5. The van der Waals surface area contributed by atoms with Crippen molar-refractivity contribution in [2.24, 2.45) is 0 Å². The number of phenols is 1. The molecule has 1 unspecified atom stereocenters. The molecule has 1 aliphatic rings. The van der Waals surface area contributed by atoms with Gasteiger partial charge in [-0.05, 0) is 56.6 Å². The van der Waals surface area contributed by atoms with E-state index >= 15 is 0 Å². The van der Waals surface area contributed by atoms with Crippen LogP contribution in [-0.2, 0) is 6.18 Å². The fraction of sp³-hybridized carbons (Fsp3) is 0.400. The van der Waals surface area contributed by atoms with Crippen molar-refractivity contribution in [2.75, 3.05) is 25.0 Å². The molecule has 1 fully saturated rings. The number of benzene rings is 1. The lowest BCUT2D eigenvalue weighted by atomic mass is 10.0. The van der Waals surface area contributed by atoms with Gasteiger partial charge in [-0.1, -0.05) is 0 Å². The number of nitrogens with one attached hydrogen (secondary N) is 1. The molecule has 1 aliphatic heterocycles. The smallest absolute Gasteiger partial charge is 0.416 e. The van der Waals surface area contributed by atoms with E-state index in [-0.39, 0.29) is 11.1 Å². The van der Waals surface area contributed by atoms with Crippen LogP contribution in [0.5, 0.6) is 5.75 Å². The van der Waals surface area contributed by atoms with Crippen LogP contribution in [0.25, 0.3) is 22.5 Å². The van der Waals surface area contributed by atoms with Crippen molar-refractivity contribution in [1.29, 1.82) is 0 Å². The predicted octanol–water partition coefficient (Wildman–Crippen LogP) is 4.11. The molecular formula is C20H21F3N4O2. The number of phenolic OH excluding ortho intramolecular Hbond substituents is 1. The number of halogens is 3. The average molecular weight is 406 g/mol. The topological polar surface area (TPSA) is 74.4 Å². The Morgan fingerprint density at radius 2 is 2.03 bits per heavy atom. The third-order valence-electron chi connectivity index (χ3n) is 5.24. The number of aryl methyl sites for hydroxylation is 1. The Balaban J connectivity index is 1.70. The maximum Gasteiger partial charge on any atom is 0.416 e. The van der Waals surface area contributed by atoms with Gasteiger partial charge in [-0.25, -0.2) is 4.98 Å². The van der Waals surface area contributed by atoms with Crippen LogP contribution in [-0.4, -0.2) is 41.3 Å². The lowest BCUT2D eigenvalue weighted by Gasteiger charge is -2.31. The molecule has 154 valence electrons. The number of hydrogen-bond acceptors (Lipinski definition) is 6. The van der Waals surface area contributed by atoms with Gasteiger partial charge in [-0.15, -0.1) is 0 Å². The molecule has 3 heterocycles. The summed E-state index contributed by atoms with van der Waals surface area (Å²) >= 11 is 0. The van der Waals surface area contributed by atoms with Crippen LogP contribution < -0.4 is 10.2 Å². The zero-order chi connectivity index (χ0) is 20.8. The van der Waals surface area contributed by atoms with Gasteiger partial charge >= 0.3 is 6.18 Å². The lowest BCUT2D eigenvalue weighted by molar-refractivity contribution is -0.137.